The lowest BCUT2D eigenvalue weighted by Gasteiger charge is -2.34. The van der Waals surface area contributed by atoms with E-state index in [4.69, 9.17) is 4.74 Å². The molecule has 0 spiro atoms. The van der Waals surface area contributed by atoms with Gasteiger partial charge in [-0.2, -0.15) is 0 Å². The molecule has 1 aromatic heterocycles. The van der Waals surface area contributed by atoms with Gasteiger partial charge in [0, 0.05) is 31.7 Å². The summed E-state index contributed by atoms with van der Waals surface area (Å²) in [6.45, 7) is 10.6. The van der Waals surface area contributed by atoms with Gasteiger partial charge in [-0.05, 0) is 27.8 Å². The Morgan fingerprint density at radius 3 is 2.48 bits per heavy atom. The molecule has 0 bridgehead atoms. The molecule has 2 aliphatic rings. The number of nitrogens with zero attached hydrogens (tertiary/aromatic N) is 5. The summed E-state index contributed by atoms with van der Waals surface area (Å²) in [7, 11) is 2.13. The highest BCUT2D eigenvalue weighted by Gasteiger charge is 2.32. The van der Waals surface area contributed by atoms with E-state index in [1.165, 1.54) is 0 Å². The molecular weight excluding hydrogens is 294 g/mol. The molecule has 1 saturated heterocycles. The summed E-state index contributed by atoms with van der Waals surface area (Å²) in [6.07, 6.45) is 1.31. The van der Waals surface area contributed by atoms with E-state index in [9.17, 15) is 4.79 Å². The zero-order chi connectivity index (χ0) is 16.6. The van der Waals surface area contributed by atoms with Crippen LogP contribution in [0.25, 0.3) is 0 Å². The second-order valence-electron chi connectivity index (χ2n) is 7.25. The Kier molecular flexibility index (Phi) is 4.14. The molecule has 0 unspecified atom stereocenters. The first-order chi connectivity index (χ1) is 10.8. The van der Waals surface area contributed by atoms with E-state index in [2.05, 4.69) is 26.8 Å². The number of hydrogen-bond acceptors (Lipinski definition) is 6. The van der Waals surface area contributed by atoms with Gasteiger partial charge in [0.2, 0.25) is 0 Å². The summed E-state index contributed by atoms with van der Waals surface area (Å²) >= 11 is 0. The minimum Gasteiger partial charge on any atom is -0.444 e. The van der Waals surface area contributed by atoms with Gasteiger partial charge in [0.1, 0.15) is 17.7 Å². The van der Waals surface area contributed by atoms with Crippen molar-refractivity contribution in [1.82, 2.24) is 19.8 Å². The van der Waals surface area contributed by atoms with Crippen molar-refractivity contribution in [3.05, 3.63) is 17.6 Å². The van der Waals surface area contributed by atoms with E-state index in [1.807, 2.05) is 20.8 Å². The van der Waals surface area contributed by atoms with Crippen molar-refractivity contribution in [1.29, 1.82) is 0 Å². The number of likely N-dealkylation sites (N-methyl/N-ethyl adjacent to an activating group) is 1. The van der Waals surface area contributed by atoms with Crippen molar-refractivity contribution >= 4 is 11.9 Å². The van der Waals surface area contributed by atoms with E-state index >= 15 is 0 Å². The predicted molar refractivity (Wildman–Crippen MR) is 87.2 cm³/mol. The highest BCUT2D eigenvalue weighted by atomic mass is 16.6. The quantitative estimate of drug-likeness (QED) is 0.781. The molecule has 3 heterocycles. The summed E-state index contributed by atoms with van der Waals surface area (Å²) < 4.78 is 5.47. The van der Waals surface area contributed by atoms with Gasteiger partial charge in [-0.25, -0.2) is 14.8 Å². The molecule has 0 N–H and O–H groups in total. The number of hydrogen-bond donors (Lipinski definition) is 0. The highest BCUT2D eigenvalue weighted by molar-refractivity contribution is 5.70. The second-order valence-corrected chi connectivity index (χ2v) is 7.25. The molecule has 0 saturated carbocycles. The van der Waals surface area contributed by atoms with Crippen LogP contribution in [-0.4, -0.2) is 64.7 Å². The third kappa shape index (κ3) is 3.55. The first-order valence-electron chi connectivity index (χ1n) is 8.07. The van der Waals surface area contributed by atoms with Gasteiger partial charge in [-0.3, -0.25) is 4.90 Å². The number of anilines is 1. The minimum absolute atomic E-state index is 0.292. The predicted octanol–water partition coefficient (Wildman–Crippen LogP) is 1.48. The van der Waals surface area contributed by atoms with Gasteiger partial charge in [-0.1, -0.05) is 0 Å². The van der Waals surface area contributed by atoms with E-state index in [0.717, 1.165) is 43.3 Å². The molecule has 126 valence electrons. The van der Waals surface area contributed by atoms with Crippen molar-refractivity contribution in [3.8, 4) is 0 Å². The Bertz CT molecular complexity index is 591. The van der Waals surface area contributed by atoms with Crippen LogP contribution in [0.4, 0.5) is 10.6 Å². The molecule has 2 aliphatic heterocycles. The van der Waals surface area contributed by atoms with E-state index < -0.39 is 5.60 Å². The third-order valence-electron chi connectivity index (χ3n) is 4.16. The first-order valence-corrected chi connectivity index (χ1v) is 8.07. The Morgan fingerprint density at radius 1 is 1.13 bits per heavy atom. The maximum atomic E-state index is 12.3. The summed E-state index contributed by atoms with van der Waals surface area (Å²) in [5.41, 5.74) is 1.50. The molecule has 1 aromatic rings. The van der Waals surface area contributed by atoms with Crippen LogP contribution in [-0.2, 0) is 17.8 Å². The fraction of sp³-hybridized carbons (Fsp3) is 0.688. The average Bonchev–Trinajstić information content (AvgIpc) is 2.90. The molecule has 7 heteroatoms. The normalized spacial score (nSPS) is 19.0. The summed E-state index contributed by atoms with van der Waals surface area (Å²) in [6, 6.07) is 0. The van der Waals surface area contributed by atoms with Gasteiger partial charge < -0.3 is 14.5 Å². The molecule has 0 aromatic carbocycles. The number of piperazine rings is 1. The SMILES string of the molecule is CN1CCN(c2ncnc3c2CN(C(=O)OC(C)(C)C)C3)CC1. The zero-order valence-corrected chi connectivity index (χ0v) is 14.4. The van der Waals surface area contributed by atoms with Crippen LogP contribution in [0.15, 0.2) is 6.33 Å². The van der Waals surface area contributed by atoms with Crippen molar-refractivity contribution in [3.63, 3.8) is 0 Å². The van der Waals surface area contributed by atoms with Crippen LogP contribution in [0.3, 0.4) is 0 Å². The van der Waals surface area contributed by atoms with E-state index in [0.29, 0.717) is 13.1 Å². The fourth-order valence-electron chi connectivity index (χ4n) is 2.91. The number of ether oxygens (including phenoxy) is 1. The lowest BCUT2D eigenvalue weighted by atomic mass is 10.2. The van der Waals surface area contributed by atoms with Gasteiger partial charge in [-0.15, -0.1) is 0 Å². The lowest BCUT2D eigenvalue weighted by Crippen LogP contribution is -2.45. The van der Waals surface area contributed by atoms with Crippen molar-refractivity contribution < 1.29 is 9.53 Å². The number of carbonyl (C=O) groups is 1. The fourth-order valence-corrected chi connectivity index (χ4v) is 2.91. The number of rotatable bonds is 1. The van der Waals surface area contributed by atoms with Crippen LogP contribution in [0.5, 0.6) is 0 Å². The zero-order valence-electron chi connectivity index (χ0n) is 14.4. The number of amides is 1. The van der Waals surface area contributed by atoms with Crippen LogP contribution < -0.4 is 4.90 Å². The highest BCUT2D eigenvalue weighted by Crippen LogP contribution is 2.29. The first kappa shape index (κ1) is 16.0. The standard InChI is InChI=1S/C16H25N5O2/c1-16(2,3)23-15(22)21-9-12-13(10-21)17-11-18-14(12)20-7-5-19(4)6-8-20/h11H,5-10H2,1-4H3. The number of aromatic nitrogens is 2. The van der Waals surface area contributed by atoms with E-state index in [-0.39, 0.29) is 6.09 Å². The smallest absolute Gasteiger partial charge is 0.410 e. The van der Waals surface area contributed by atoms with Crippen molar-refractivity contribution in [2.75, 3.05) is 38.1 Å². The molecular formula is C16H25N5O2. The molecule has 1 amide bonds. The molecule has 0 atom stereocenters. The molecule has 1 fully saturated rings. The van der Waals surface area contributed by atoms with Crippen LogP contribution in [0, 0.1) is 0 Å². The Labute approximate surface area is 137 Å². The van der Waals surface area contributed by atoms with Crippen LogP contribution in [0.1, 0.15) is 32.0 Å². The van der Waals surface area contributed by atoms with Crippen LogP contribution in [0.2, 0.25) is 0 Å². The monoisotopic (exact) mass is 319 g/mol. The molecule has 3 rings (SSSR count). The third-order valence-corrected chi connectivity index (χ3v) is 4.16. The Hall–Kier alpha value is -1.89. The average molecular weight is 319 g/mol. The largest absolute Gasteiger partial charge is 0.444 e. The van der Waals surface area contributed by atoms with Gasteiger partial charge in [0.25, 0.3) is 0 Å². The summed E-state index contributed by atoms with van der Waals surface area (Å²) in [4.78, 5) is 27.4. The molecule has 0 radical (unpaired) electrons. The summed E-state index contributed by atoms with van der Waals surface area (Å²) in [5, 5.41) is 0. The molecule has 23 heavy (non-hydrogen) atoms. The van der Waals surface area contributed by atoms with Gasteiger partial charge >= 0.3 is 6.09 Å². The maximum Gasteiger partial charge on any atom is 0.410 e. The minimum atomic E-state index is -0.488. The number of carbonyl (C=O) groups excluding carboxylic acids is 1. The Balaban J connectivity index is 1.75. The van der Waals surface area contributed by atoms with Crippen molar-refractivity contribution in [2.45, 2.75) is 39.5 Å². The Morgan fingerprint density at radius 2 is 1.83 bits per heavy atom. The van der Waals surface area contributed by atoms with E-state index in [1.54, 1.807) is 11.2 Å². The lowest BCUT2D eigenvalue weighted by molar-refractivity contribution is 0.0241. The topological polar surface area (TPSA) is 61.8 Å². The number of fused-ring (bicyclic) bond motifs is 1. The molecule has 7 nitrogen and oxygen atoms in total. The van der Waals surface area contributed by atoms with Gasteiger partial charge in [0.05, 0.1) is 18.8 Å². The summed E-state index contributed by atoms with van der Waals surface area (Å²) in [5.74, 6) is 0.967. The van der Waals surface area contributed by atoms with Crippen LogP contribution >= 0.6 is 0 Å². The molecule has 0 aliphatic carbocycles. The maximum absolute atomic E-state index is 12.3. The second kappa shape index (κ2) is 5.96. The van der Waals surface area contributed by atoms with Crippen molar-refractivity contribution in [2.24, 2.45) is 0 Å². The van der Waals surface area contributed by atoms with Gasteiger partial charge in [0.15, 0.2) is 0 Å².